The smallest absolute Gasteiger partial charge is 0.321 e. The number of rotatable bonds is 3. The number of carbonyl (C=O) groups excluding carboxylic acids is 1. The number of carboxylic acids is 1. The van der Waals surface area contributed by atoms with E-state index in [2.05, 4.69) is 15.6 Å². The molecule has 1 unspecified atom stereocenters. The van der Waals surface area contributed by atoms with Crippen molar-refractivity contribution in [2.24, 2.45) is 5.92 Å². The van der Waals surface area contributed by atoms with Crippen molar-refractivity contribution in [2.75, 3.05) is 18.4 Å². The van der Waals surface area contributed by atoms with Gasteiger partial charge in [0.05, 0.1) is 24.0 Å². The number of hydrogen-bond donors (Lipinski definition) is 2. The zero-order valence-corrected chi connectivity index (χ0v) is 12.4. The van der Waals surface area contributed by atoms with Gasteiger partial charge in [-0.3, -0.25) is 4.79 Å². The van der Waals surface area contributed by atoms with Crippen LogP contribution in [0.1, 0.15) is 12.8 Å². The highest BCUT2D eigenvalue weighted by Gasteiger charge is 2.28. The van der Waals surface area contributed by atoms with Crippen LogP contribution in [0.4, 0.5) is 10.5 Å². The van der Waals surface area contributed by atoms with Gasteiger partial charge in [-0.25, -0.2) is 9.48 Å². The zero-order chi connectivity index (χ0) is 16.2. The molecule has 1 aliphatic rings. The second kappa shape index (κ2) is 6.47. The maximum atomic E-state index is 12.3. The summed E-state index contributed by atoms with van der Waals surface area (Å²) in [4.78, 5) is 24.9. The molecule has 1 saturated heterocycles. The lowest BCUT2D eigenvalue weighted by Crippen LogP contribution is -2.44. The first-order valence-corrected chi connectivity index (χ1v) is 7.39. The number of urea groups is 1. The maximum Gasteiger partial charge on any atom is 0.321 e. The van der Waals surface area contributed by atoms with Gasteiger partial charge in [0.15, 0.2) is 0 Å². The second-order valence-corrected chi connectivity index (χ2v) is 5.45. The van der Waals surface area contributed by atoms with Gasteiger partial charge < -0.3 is 15.3 Å². The highest BCUT2D eigenvalue weighted by molar-refractivity contribution is 5.90. The van der Waals surface area contributed by atoms with E-state index < -0.39 is 11.9 Å². The Morgan fingerprint density at radius 3 is 2.96 bits per heavy atom. The number of anilines is 1. The Morgan fingerprint density at radius 1 is 1.35 bits per heavy atom. The van der Waals surface area contributed by atoms with Crippen molar-refractivity contribution in [1.29, 1.82) is 0 Å². The number of carboxylic acid groups (broad SMARTS) is 1. The molecular formula is C15H17N5O3. The molecule has 0 aliphatic carbocycles. The Kier molecular flexibility index (Phi) is 4.22. The third kappa shape index (κ3) is 3.47. The number of aliphatic carboxylic acids is 1. The van der Waals surface area contributed by atoms with Crippen LogP contribution in [0.2, 0.25) is 0 Å². The predicted molar refractivity (Wildman–Crippen MR) is 82.3 cm³/mol. The average molecular weight is 315 g/mol. The van der Waals surface area contributed by atoms with Gasteiger partial charge in [0, 0.05) is 18.8 Å². The number of amides is 2. The SMILES string of the molecule is O=C(O)C1CCCN(C(=O)Nc2cccc(-n3ccnn3)c2)C1. The molecule has 2 aromatic rings. The van der Waals surface area contributed by atoms with Crippen LogP contribution < -0.4 is 5.32 Å². The summed E-state index contributed by atoms with van der Waals surface area (Å²) in [5, 5.41) is 19.6. The van der Waals surface area contributed by atoms with Gasteiger partial charge in [0.25, 0.3) is 0 Å². The van der Waals surface area contributed by atoms with Crippen molar-refractivity contribution >= 4 is 17.7 Å². The third-order valence-corrected chi connectivity index (χ3v) is 3.84. The summed E-state index contributed by atoms with van der Waals surface area (Å²) in [6, 6.07) is 6.93. The van der Waals surface area contributed by atoms with Gasteiger partial charge >= 0.3 is 12.0 Å². The fourth-order valence-corrected chi connectivity index (χ4v) is 2.64. The normalized spacial score (nSPS) is 17.7. The van der Waals surface area contributed by atoms with Crippen LogP contribution in [-0.4, -0.2) is 50.1 Å². The number of hydrogen-bond acceptors (Lipinski definition) is 4. The Balaban J connectivity index is 1.68. The van der Waals surface area contributed by atoms with E-state index in [1.165, 1.54) is 0 Å². The molecule has 1 aromatic carbocycles. The minimum Gasteiger partial charge on any atom is -0.481 e. The van der Waals surface area contributed by atoms with Crippen molar-refractivity contribution in [3.05, 3.63) is 36.7 Å². The van der Waals surface area contributed by atoms with Gasteiger partial charge in [-0.15, -0.1) is 5.10 Å². The monoisotopic (exact) mass is 315 g/mol. The number of nitrogens with one attached hydrogen (secondary N) is 1. The molecule has 1 aliphatic heterocycles. The van der Waals surface area contributed by atoms with Crippen LogP contribution in [0.3, 0.4) is 0 Å². The first-order valence-electron chi connectivity index (χ1n) is 7.39. The Morgan fingerprint density at radius 2 is 2.22 bits per heavy atom. The molecule has 1 fully saturated rings. The number of nitrogens with zero attached hydrogens (tertiary/aromatic N) is 4. The molecule has 1 atom stereocenters. The molecule has 8 heteroatoms. The number of aromatic nitrogens is 3. The summed E-state index contributed by atoms with van der Waals surface area (Å²) in [5.74, 6) is -1.34. The van der Waals surface area contributed by atoms with Crippen LogP contribution >= 0.6 is 0 Å². The summed E-state index contributed by atoms with van der Waals surface area (Å²) in [7, 11) is 0. The van der Waals surface area contributed by atoms with E-state index in [1.54, 1.807) is 34.1 Å². The number of benzene rings is 1. The zero-order valence-electron chi connectivity index (χ0n) is 12.4. The summed E-state index contributed by atoms with van der Waals surface area (Å²) >= 11 is 0. The summed E-state index contributed by atoms with van der Waals surface area (Å²) in [6.45, 7) is 0.808. The maximum absolute atomic E-state index is 12.3. The fraction of sp³-hybridized carbons (Fsp3) is 0.333. The van der Waals surface area contributed by atoms with Gasteiger partial charge in [0.1, 0.15) is 0 Å². The van der Waals surface area contributed by atoms with Gasteiger partial charge in [0.2, 0.25) is 0 Å². The second-order valence-electron chi connectivity index (χ2n) is 5.45. The molecule has 23 heavy (non-hydrogen) atoms. The van der Waals surface area contributed by atoms with Gasteiger partial charge in [-0.2, -0.15) is 0 Å². The lowest BCUT2D eigenvalue weighted by atomic mass is 9.99. The van der Waals surface area contributed by atoms with Crippen molar-refractivity contribution in [3.63, 3.8) is 0 Å². The number of carbonyl (C=O) groups is 2. The largest absolute Gasteiger partial charge is 0.481 e. The van der Waals surface area contributed by atoms with Crippen LogP contribution in [0.15, 0.2) is 36.7 Å². The molecule has 0 bridgehead atoms. The van der Waals surface area contributed by atoms with E-state index in [-0.39, 0.29) is 12.6 Å². The molecule has 3 rings (SSSR count). The van der Waals surface area contributed by atoms with Crippen molar-refractivity contribution < 1.29 is 14.7 Å². The predicted octanol–water partition coefficient (Wildman–Crippen LogP) is 1.60. The van der Waals surface area contributed by atoms with E-state index in [0.29, 0.717) is 25.1 Å². The van der Waals surface area contributed by atoms with Gasteiger partial charge in [-0.1, -0.05) is 11.3 Å². The lowest BCUT2D eigenvalue weighted by Gasteiger charge is -2.30. The van der Waals surface area contributed by atoms with E-state index in [1.807, 2.05) is 12.1 Å². The average Bonchev–Trinajstić information content (AvgIpc) is 3.10. The highest BCUT2D eigenvalue weighted by atomic mass is 16.4. The molecule has 8 nitrogen and oxygen atoms in total. The van der Waals surface area contributed by atoms with Crippen LogP contribution in [0.5, 0.6) is 0 Å². The van der Waals surface area contributed by atoms with Crippen molar-refractivity contribution in [1.82, 2.24) is 19.9 Å². The molecule has 120 valence electrons. The minimum absolute atomic E-state index is 0.240. The first kappa shape index (κ1) is 15.0. The molecule has 2 N–H and O–H groups in total. The molecule has 2 heterocycles. The topological polar surface area (TPSA) is 100 Å². The summed E-state index contributed by atoms with van der Waals surface area (Å²) in [5.41, 5.74) is 1.41. The molecule has 0 radical (unpaired) electrons. The van der Waals surface area contributed by atoms with Crippen LogP contribution in [0.25, 0.3) is 5.69 Å². The van der Waals surface area contributed by atoms with Crippen molar-refractivity contribution in [3.8, 4) is 5.69 Å². The molecular weight excluding hydrogens is 298 g/mol. The van der Waals surface area contributed by atoms with Crippen molar-refractivity contribution in [2.45, 2.75) is 12.8 Å². The molecule has 2 amide bonds. The number of likely N-dealkylation sites (tertiary alicyclic amines) is 1. The lowest BCUT2D eigenvalue weighted by molar-refractivity contribution is -0.143. The molecule has 1 aromatic heterocycles. The summed E-state index contributed by atoms with van der Waals surface area (Å²) < 4.78 is 1.59. The highest BCUT2D eigenvalue weighted by Crippen LogP contribution is 2.19. The van der Waals surface area contributed by atoms with E-state index >= 15 is 0 Å². The summed E-state index contributed by atoms with van der Waals surface area (Å²) in [6.07, 6.45) is 4.60. The van der Waals surface area contributed by atoms with E-state index in [4.69, 9.17) is 5.11 Å². The van der Waals surface area contributed by atoms with E-state index in [9.17, 15) is 9.59 Å². The van der Waals surface area contributed by atoms with Crippen LogP contribution in [-0.2, 0) is 4.79 Å². The standard InChI is InChI=1S/C15H17N5O3/c21-14(22)11-3-2-7-19(10-11)15(23)17-12-4-1-5-13(9-12)20-8-6-16-18-20/h1,4-6,8-9,11H,2-3,7,10H2,(H,17,23)(H,21,22). The Bertz CT molecular complexity index is 701. The molecule has 0 spiro atoms. The first-order chi connectivity index (χ1) is 11.1. The van der Waals surface area contributed by atoms with Gasteiger partial charge in [-0.05, 0) is 31.0 Å². The third-order valence-electron chi connectivity index (χ3n) is 3.84. The Hall–Kier alpha value is -2.90. The van der Waals surface area contributed by atoms with Crippen LogP contribution in [0, 0.1) is 5.92 Å². The quantitative estimate of drug-likeness (QED) is 0.896. The molecule has 0 saturated carbocycles. The number of piperidine rings is 1. The fourth-order valence-electron chi connectivity index (χ4n) is 2.64. The Labute approximate surface area is 132 Å². The minimum atomic E-state index is -0.851. The van der Waals surface area contributed by atoms with E-state index in [0.717, 1.165) is 5.69 Å².